The Balaban J connectivity index is 5.12. The van der Waals surface area contributed by atoms with Gasteiger partial charge in [-0.2, -0.15) is 0 Å². The van der Waals surface area contributed by atoms with E-state index in [-0.39, 0.29) is 25.7 Å². The van der Waals surface area contributed by atoms with Crippen molar-refractivity contribution in [1.29, 1.82) is 0 Å². The molecule has 0 aliphatic rings. The van der Waals surface area contributed by atoms with Crippen LogP contribution in [0.15, 0.2) is 0 Å². The number of hydrogen-bond acceptors (Lipinski definition) is 15. The Hall–Kier alpha value is -1.94. The molecule has 0 aliphatic heterocycles. The van der Waals surface area contributed by atoms with Gasteiger partial charge in [-0.05, 0) is 37.5 Å². The lowest BCUT2D eigenvalue weighted by atomic mass is 10.00. The maximum absolute atomic E-state index is 13.0. The lowest BCUT2D eigenvalue weighted by Crippen LogP contribution is -2.30. The Kier molecular flexibility index (Phi) is 59.9. The summed E-state index contributed by atoms with van der Waals surface area (Å²) in [7, 11) is -9.89. The number of phosphoric ester groups is 2. The molecular weight excluding hydrogens is 1160 g/mol. The van der Waals surface area contributed by atoms with Crippen molar-refractivity contribution in [2.24, 2.45) is 11.8 Å². The van der Waals surface area contributed by atoms with Crippen LogP contribution >= 0.6 is 15.6 Å². The molecule has 0 aromatic heterocycles. The molecule has 88 heavy (non-hydrogen) atoms. The second-order valence-electron chi connectivity index (χ2n) is 25.6. The highest BCUT2D eigenvalue weighted by Crippen LogP contribution is 2.45. The molecule has 0 saturated carbocycles. The molecular formula is C69H134O17P2. The molecule has 0 aromatic carbocycles. The van der Waals surface area contributed by atoms with Gasteiger partial charge in [-0.25, -0.2) is 9.13 Å². The van der Waals surface area contributed by atoms with Gasteiger partial charge in [0.05, 0.1) is 26.4 Å². The zero-order valence-corrected chi connectivity index (χ0v) is 58.8. The Morgan fingerprint density at radius 2 is 0.580 bits per heavy atom. The van der Waals surface area contributed by atoms with E-state index in [9.17, 15) is 43.2 Å². The Morgan fingerprint density at radius 1 is 0.330 bits per heavy atom. The summed E-state index contributed by atoms with van der Waals surface area (Å²) in [6.07, 6.45) is 46.3. The number of carbonyl (C=O) groups is 4. The molecule has 3 unspecified atom stereocenters. The van der Waals surface area contributed by atoms with E-state index in [0.29, 0.717) is 31.6 Å². The molecule has 6 atom stereocenters. The molecule has 0 bridgehead atoms. The molecule has 17 nitrogen and oxygen atoms in total. The standard InChI is InChI=1S/C69H134O17P2/c1-7-10-12-14-16-18-19-20-21-22-23-24-25-26-27-28-29-30-32-41-47-53-68(73)85-64(58-80-67(72)52-46-40-36-34-38-44-50-62(6)9-3)59-83-87(75,76)81-55-63(70)56-82-88(77,78)84-60-65(57-79-66(71)51-45-39-31-17-15-13-11-8-2)86-69(74)54-48-42-35-33-37-43-49-61(4)5/h61-65,70H,7-60H2,1-6H3,(H,75,76)(H,77,78)/t62?,63-,64-,65-/m1/s1. The third kappa shape index (κ3) is 61.6. The maximum Gasteiger partial charge on any atom is 0.472 e. The van der Waals surface area contributed by atoms with Crippen LogP contribution in [0, 0.1) is 11.8 Å². The van der Waals surface area contributed by atoms with Crippen molar-refractivity contribution in [2.75, 3.05) is 39.6 Å². The molecule has 0 spiro atoms. The van der Waals surface area contributed by atoms with Crippen LogP contribution in [0.4, 0.5) is 0 Å². The summed E-state index contributed by atoms with van der Waals surface area (Å²) in [4.78, 5) is 72.3. The fourth-order valence-corrected chi connectivity index (χ4v) is 12.0. The minimum absolute atomic E-state index is 0.102. The fraction of sp³-hybridized carbons (Fsp3) is 0.942. The summed E-state index contributed by atoms with van der Waals surface area (Å²) in [5.74, 6) is -0.736. The van der Waals surface area contributed by atoms with Crippen molar-refractivity contribution in [3.63, 3.8) is 0 Å². The van der Waals surface area contributed by atoms with Crippen molar-refractivity contribution in [3.05, 3.63) is 0 Å². The highest BCUT2D eigenvalue weighted by molar-refractivity contribution is 7.47. The Labute approximate surface area is 537 Å². The van der Waals surface area contributed by atoms with Crippen LogP contribution in [-0.4, -0.2) is 96.7 Å². The molecule has 522 valence electrons. The van der Waals surface area contributed by atoms with Crippen molar-refractivity contribution in [2.45, 2.75) is 368 Å². The zero-order chi connectivity index (χ0) is 65.0. The molecule has 0 amide bonds. The van der Waals surface area contributed by atoms with Crippen molar-refractivity contribution < 1.29 is 80.2 Å². The smallest absolute Gasteiger partial charge is 0.462 e. The van der Waals surface area contributed by atoms with Gasteiger partial charge in [-0.15, -0.1) is 0 Å². The fourth-order valence-electron chi connectivity index (χ4n) is 10.4. The third-order valence-corrected chi connectivity index (χ3v) is 18.2. The first-order valence-corrected chi connectivity index (χ1v) is 39.0. The molecule has 0 saturated heterocycles. The molecule has 0 heterocycles. The summed E-state index contributed by atoms with van der Waals surface area (Å²) < 4.78 is 68.1. The lowest BCUT2D eigenvalue weighted by molar-refractivity contribution is -0.161. The van der Waals surface area contributed by atoms with Gasteiger partial charge in [0.25, 0.3) is 0 Å². The summed E-state index contributed by atoms with van der Waals surface area (Å²) in [6.45, 7) is 9.37. The summed E-state index contributed by atoms with van der Waals surface area (Å²) in [6, 6.07) is 0. The van der Waals surface area contributed by atoms with E-state index < -0.39 is 97.5 Å². The number of phosphoric acid groups is 2. The van der Waals surface area contributed by atoms with E-state index in [1.807, 2.05) is 0 Å². The highest BCUT2D eigenvalue weighted by atomic mass is 31.2. The predicted molar refractivity (Wildman–Crippen MR) is 354 cm³/mol. The number of carbonyl (C=O) groups excluding carboxylic acids is 4. The van der Waals surface area contributed by atoms with E-state index in [2.05, 4.69) is 41.5 Å². The number of aliphatic hydroxyl groups excluding tert-OH is 1. The van der Waals surface area contributed by atoms with Gasteiger partial charge >= 0.3 is 39.5 Å². The van der Waals surface area contributed by atoms with Crippen molar-refractivity contribution in [1.82, 2.24) is 0 Å². The first kappa shape index (κ1) is 86.1. The number of rotatable bonds is 68. The van der Waals surface area contributed by atoms with Gasteiger partial charge in [0.15, 0.2) is 12.2 Å². The third-order valence-electron chi connectivity index (χ3n) is 16.3. The number of hydrogen-bond donors (Lipinski definition) is 3. The number of ether oxygens (including phenoxy) is 4. The van der Waals surface area contributed by atoms with Crippen LogP contribution in [0.5, 0.6) is 0 Å². The van der Waals surface area contributed by atoms with Gasteiger partial charge in [0.1, 0.15) is 19.3 Å². The van der Waals surface area contributed by atoms with Crippen LogP contribution in [0.2, 0.25) is 0 Å². The van der Waals surface area contributed by atoms with Crippen LogP contribution in [0.1, 0.15) is 350 Å². The van der Waals surface area contributed by atoms with E-state index in [4.69, 9.17) is 37.0 Å². The molecule has 0 fully saturated rings. The first-order chi connectivity index (χ1) is 42.4. The molecule has 19 heteroatoms. The molecule has 0 aliphatic carbocycles. The van der Waals surface area contributed by atoms with Crippen LogP contribution in [-0.2, 0) is 65.4 Å². The van der Waals surface area contributed by atoms with E-state index in [1.54, 1.807) is 0 Å². The predicted octanol–water partition coefficient (Wildman–Crippen LogP) is 19.6. The quantitative estimate of drug-likeness (QED) is 0.0222. The van der Waals surface area contributed by atoms with Gasteiger partial charge in [-0.1, -0.05) is 298 Å². The summed E-state index contributed by atoms with van der Waals surface area (Å²) >= 11 is 0. The minimum atomic E-state index is -4.95. The molecule has 0 rings (SSSR count). The van der Waals surface area contributed by atoms with Crippen LogP contribution < -0.4 is 0 Å². The SMILES string of the molecule is CCCCCCCCCCCCCCCCCCCCCCCC(=O)O[C@H](COC(=O)CCCCCCCCC(C)CC)COP(=O)(O)OC[C@@H](O)COP(=O)(O)OC[C@@H](COC(=O)CCCCCCCCCC)OC(=O)CCCCCCCCC(C)C. The molecule has 0 aromatic rings. The lowest BCUT2D eigenvalue weighted by Gasteiger charge is -2.21. The van der Waals surface area contributed by atoms with Crippen molar-refractivity contribution in [3.8, 4) is 0 Å². The summed E-state index contributed by atoms with van der Waals surface area (Å²) in [5, 5.41) is 10.5. The Morgan fingerprint density at radius 3 is 0.864 bits per heavy atom. The monoisotopic (exact) mass is 1300 g/mol. The number of aliphatic hydroxyl groups is 1. The zero-order valence-electron chi connectivity index (χ0n) is 57.0. The second-order valence-corrected chi connectivity index (χ2v) is 28.5. The second kappa shape index (κ2) is 61.3. The minimum Gasteiger partial charge on any atom is -0.462 e. The Bertz CT molecular complexity index is 1720. The molecule has 0 radical (unpaired) electrons. The maximum atomic E-state index is 13.0. The van der Waals surface area contributed by atoms with E-state index in [0.717, 1.165) is 109 Å². The molecule has 3 N–H and O–H groups in total. The number of esters is 4. The van der Waals surface area contributed by atoms with Gasteiger partial charge < -0.3 is 33.8 Å². The highest BCUT2D eigenvalue weighted by Gasteiger charge is 2.30. The average Bonchev–Trinajstić information content (AvgIpc) is 3.55. The summed E-state index contributed by atoms with van der Waals surface area (Å²) in [5.41, 5.74) is 0. The van der Waals surface area contributed by atoms with Gasteiger partial charge in [0.2, 0.25) is 0 Å². The normalized spacial score (nSPS) is 14.5. The number of unbranched alkanes of at least 4 members (excludes halogenated alkanes) is 37. The van der Waals surface area contributed by atoms with E-state index >= 15 is 0 Å². The topological polar surface area (TPSA) is 237 Å². The first-order valence-electron chi connectivity index (χ1n) is 36.0. The largest absolute Gasteiger partial charge is 0.472 e. The average molecular weight is 1300 g/mol. The van der Waals surface area contributed by atoms with Crippen LogP contribution in [0.25, 0.3) is 0 Å². The van der Waals surface area contributed by atoms with Crippen molar-refractivity contribution >= 4 is 39.5 Å². The van der Waals surface area contributed by atoms with Gasteiger partial charge in [-0.3, -0.25) is 37.3 Å². The van der Waals surface area contributed by atoms with E-state index in [1.165, 1.54) is 154 Å². The van der Waals surface area contributed by atoms with Crippen LogP contribution in [0.3, 0.4) is 0 Å². The van der Waals surface area contributed by atoms with Gasteiger partial charge in [0, 0.05) is 25.7 Å².